The van der Waals surface area contributed by atoms with E-state index in [0.717, 1.165) is 17.7 Å². The van der Waals surface area contributed by atoms with Crippen LogP contribution in [0, 0.1) is 0 Å². The van der Waals surface area contributed by atoms with Crippen molar-refractivity contribution in [2.24, 2.45) is 0 Å². The number of hydrogen-bond donors (Lipinski definition) is 1. The molecule has 1 aromatic rings. The van der Waals surface area contributed by atoms with E-state index in [1.807, 2.05) is 0 Å². The minimum absolute atomic E-state index is 0.257. The summed E-state index contributed by atoms with van der Waals surface area (Å²) in [7, 11) is 0. The van der Waals surface area contributed by atoms with E-state index in [0.29, 0.717) is 12.1 Å². The van der Waals surface area contributed by atoms with Gasteiger partial charge in [0, 0.05) is 4.88 Å². The summed E-state index contributed by atoms with van der Waals surface area (Å²) >= 11 is 1.26. The summed E-state index contributed by atoms with van der Waals surface area (Å²) in [6.45, 7) is 5.37. The Bertz CT molecular complexity index is 515. The summed E-state index contributed by atoms with van der Waals surface area (Å²) in [6.07, 6.45) is 2.19. The quantitative estimate of drug-likeness (QED) is 0.844. The molecule has 0 fully saturated rings. The van der Waals surface area contributed by atoms with Crippen LogP contribution in [-0.4, -0.2) is 27.6 Å². The van der Waals surface area contributed by atoms with Crippen molar-refractivity contribution in [1.29, 1.82) is 0 Å². The van der Waals surface area contributed by atoms with E-state index in [-0.39, 0.29) is 5.01 Å². The number of esters is 1. The average molecular weight is 283 g/mol. The molecule has 6 heteroatoms. The number of aromatic nitrogens is 1. The summed E-state index contributed by atoms with van der Waals surface area (Å²) in [5.74, 6) is -1.94. The van der Waals surface area contributed by atoms with Gasteiger partial charge in [0.1, 0.15) is 11.5 Å². The lowest BCUT2D eigenvalue weighted by Crippen LogP contribution is -2.24. The highest BCUT2D eigenvalue weighted by atomic mass is 32.1. The molecule has 0 radical (unpaired) electrons. The molecule has 5 nitrogen and oxygen atoms in total. The summed E-state index contributed by atoms with van der Waals surface area (Å²) in [5.41, 5.74) is -0.0280. The maximum atomic E-state index is 11.9. The minimum atomic E-state index is -0.873. The fourth-order valence-corrected chi connectivity index (χ4v) is 3.11. The number of rotatable bonds is 2. The summed E-state index contributed by atoms with van der Waals surface area (Å²) in [5, 5.41) is 9.43. The fraction of sp³-hybridized carbons (Fsp3) is 0.615. The third-order valence-corrected chi connectivity index (χ3v) is 3.94. The molecule has 0 saturated heterocycles. The number of nitrogens with zero attached hydrogens (tertiary/aromatic N) is 1. The zero-order chi connectivity index (χ0) is 14.2. The fourth-order valence-electron chi connectivity index (χ4n) is 2.07. The Morgan fingerprint density at radius 2 is 2.11 bits per heavy atom. The smallest absolute Gasteiger partial charge is 0.367 e. The molecule has 0 bridgehead atoms. The molecule has 0 amide bonds. The van der Waals surface area contributed by atoms with Crippen LogP contribution in [0.1, 0.15) is 59.9 Å². The Kier molecular flexibility index (Phi) is 3.62. The molecule has 1 heterocycles. The van der Waals surface area contributed by atoms with E-state index in [1.54, 1.807) is 20.8 Å². The van der Waals surface area contributed by atoms with Crippen molar-refractivity contribution >= 4 is 23.3 Å². The zero-order valence-corrected chi connectivity index (χ0v) is 12.0. The standard InChI is InChI=1S/C13H17NO4S/c1-13(2,3)18-12(17)10-14-9-7(11(15)16)5-4-6-8(9)19-10/h7H,4-6H2,1-3H3,(H,15,16)/t7-/m1/s1. The molecular formula is C13H17NO4S. The predicted octanol–water partition coefficient (Wildman–Crippen LogP) is 2.60. The van der Waals surface area contributed by atoms with Crippen LogP contribution in [0.2, 0.25) is 0 Å². The Hall–Kier alpha value is -1.43. The van der Waals surface area contributed by atoms with Gasteiger partial charge in [-0.2, -0.15) is 0 Å². The second-order valence-electron chi connectivity index (χ2n) is 5.61. The highest BCUT2D eigenvalue weighted by molar-refractivity contribution is 7.13. The molecule has 1 atom stereocenters. The summed E-state index contributed by atoms with van der Waals surface area (Å²) in [4.78, 5) is 28.2. The Morgan fingerprint density at radius 1 is 1.42 bits per heavy atom. The van der Waals surface area contributed by atoms with Crippen molar-refractivity contribution in [3.8, 4) is 0 Å². The number of aryl methyl sites for hydroxylation is 1. The highest BCUT2D eigenvalue weighted by Crippen LogP contribution is 2.35. The number of hydrogen-bond acceptors (Lipinski definition) is 5. The molecule has 0 unspecified atom stereocenters. The third kappa shape index (κ3) is 3.12. The number of carbonyl (C=O) groups excluding carboxylic acids is 1. The van der Waals surface area contributed by atoms with Gasteiger partial charge in [0.2, 0.25) is 5.01 Å². The number of ether oxygens (including phenoxy) is 1. The number of carboxylic acid groups (broad SMARTS) is 1. The first-order chi connectivity index (χ1) is 8.78. The van der Waals surface area contributed by atoms with Gasteiger partial charge in [-0.25, -0.2) is 9.78 Å². The van der Waals surface area contributed by atoms with Crippen molar-refractivity contribution < 1.29 is 19.4 Å². The van der Waals surface area contributed by atoms with E-state index in [4.69, 9.17) is 9.84 Å². The van der Waals surface area contributed by atoms with E-state index < -0.39 is 23.5 Å². The lowest BCUT2D eigenvalue weighted by Gasteiger charge is -2.18. The second kappa shape index (κ2) is 4.92. The van der Waals surface area contributed by atoms with Crippen LogP contribution in [0.5, 0.6) is 0 Å². The van der Waals surface area contributed by atoms with Gasteiger partial charge in [0.25, 0.3) is 0 Å². The molecule has 0 aromatic carbocycles. The Morgan fingerprint density at radius 3 is 2.68 bits per heavy atom. The van der Waals surface area contributed by atoms with Crippen molar-refractivity contribution in [3.63, 3.8) is 0 Å². The number of fused-ring (bicyclic) bond motifs is 1. The van der Waals surface area contributed by atoms with Crippen molar-refractivity contribution in [1.82, 2.24) is 4.98 Å². The van der Waals surface area contributed by atoms with Gasteiger partial charge < -0.3 is 9.84 Å². The van der Waals surface area contributed by atoms with Crippen LogP contribution in [0.3, 0.4) is 0 Å². The van der Waals surface area contributed by atoms with E-state index in [9.17, 15) is 9.59 Å². The highest BCUT2D eigenvalue weighted by Gasteiger charge is 2.32. The second-order valence-corrected chi connectivity index (χ2v) is 6.70. The van der Waals surface area contributed by atoms with Gasteiger partial charge in [-0.1, -0.05) is 0 Å². The third-order valence-electron chi connectivity index (χ3n) is 2.83. The monoisotopic (exact) mass is 283 g/mol. The SMILES string of the molecule is CC(C)(C)OC(=O)c1nc2c(s1)CCC[C@H]2C(=O)O. The van der Waals surface area contributed by atoms with Crippen LogP contribution in [-0.2, 0) is 16.0 Å². The summed E-state index contributed by atoms with van der Waals surface area (Å²) in [6, 6.07) is 0. The van der Waals surface area contributed by atoms with Gasteiger partial charge in [0.05, 0.1) is 5.69 Å². The first kappa shape index (κ1) is 14.0. The largest absolute Gasteiger partial charge is 0.481 e. The molecule has 104 valence electrons. The molecule has 1 aromatic heterocycles. The van der Waals surface area contributed by atoms with Gasteiger partial charge in [0.15, 0.2) is 0 Å². The van der Waals surface area contributed by atoms with Crippen LogP contribution in [0.4, 0.5) is 0 Å². The molecule has 0 saturated carbocycles. The van der Waals surface area contributed by atoms with Crippen LogP contribution < -0.4 is 0 Å². The van der Waals surface area contributed by atoms with Crippen LogP contribution in [0.15, 0.2) is 0 Å². The Balaban J connectivity index is 2.26. The van der Waals surface area contributed by atoms with Gasteiger partial charge >= 0.3 is 11.9 Å². The number of thiazole rings is 1. The van der Waals surface area contributed by atoms with E-state index in [1.165, 1.54) is 11.3 Å². The van der Waals surface area contributed by atoms with Crippen molar-refractivity contribution in [3.05, 3.63) is 15.6 Å². The molecule has 0 aliphatic heterocycles. The zero-order valence-electron chi connectivity index (χ0n) is 11.2. The van der Waals surface area contributed by atoms with E-state index >= 15 is 0 Å². The van der Waals surface area contributed by atoms with Crippen LogP contribution in [0.25, 0.3) is 0 Å². The number of carbonyl (C=O) groups is 2. The van der Waals surface area contributed by atoms with E-state index in [2.05, 4.69) is 4.98 Å². The maximum Gasteiger partial charge on any atom is 0.367 e. The average Bonchev–Trinajstić information content (AvgIpc) is 2.69. The molecule has 2 rings (SSSR count). The lowest BCUT2D eigenvalue weighted by molar-refractivity contribution is -0.139. The molecule has 1 aliphatic carbocycles. The first-order valence-corrected chi connectivity index (χ1v) is 7.05. The summed E-state index contributed by atoms with van der Waals surface area (Å²) < 4.78 is 5.26. The van der Waals surface area contributed by atoms with Crippen molar-refractivity contribution in [2.45, 2.75) is 51.6 Å². The normalized spacial score (nSPS) is 18.8. The van der Waals surface area contributed by atoms with Crippen molar-refractivity contribution in [2.75, 3.05) is 0 Å². The Labute approximate surface area is 115 Å². The number of carboxylic acids is 1. The minimum Gasteiger partial charge on any atom is -0.481 e. The lowest BCUT2D eigenvalue weighted by atomic mass is 9.91. The molecule has 0 spiro atoms. The number of aliphatic carboxylic acids is 1. The first-order valence-electron chi connectivity index (χ1n) is 6.23. The predicted molar refractivity (Wildman–Crippen MR) is 70.6 cm³/mol. The van der Waals surface area contributed by atoms with Crippen LogP contribution >= 0.6 is 11.3 Å². The topological polar surface area (TPSA) is 76.5 Å². The molecular weight excluding hydrogens is 266 g/mol. The molecule has 19 heavy (non-hydrogen) atoms. The molecule has 1 aliphatic rings. The van der Waals surface area contributed by atoms with Gasteiger partial charge in [-0.15, -0.1) is 11.3 Å². The molecule has 1 N–H and O–H groups in total. The van der Waals surface area contributed by atoms with Gasteiger partial charge in [-0.3, -0.25) is 4.79 Å². The maximum absolute atomic E-state index is 11.9. The van der Waals surface area contributed by atoms with Gasteiger partial charge in [-0.05, 0) is 40.0 Å².